The van der Waals surface area contributed by atoms with E-state index in [1.807, 2.05) is 31.2 Å². The lowest BCUT2D eigenvalue weighted by Gasteiger charge is -2.28. The highest BCUT2D eigenvalue weighted by molar-refractivity contribution is 5.72. The summed E-state index contributed by atoms with van der Waals surface area (Å²) in [5, 5.41) is 12.9. The molecule has 4 heteroatoms. The van der Waals surface area contributed by atoms with Crippen LogP contribution in [0.3, 0.4) is 0 Å². The van der Waals surface area contributed by atoms with Crippen molar-refractivity contribution in [2.75, 3.05) is 6.61 Å². The van der Waals surface area contributed by atoms with Gasteiger partial charge in [-0.2, -0.15) is 5.26 Å². The van der Waals surface area contributed by atoms with Gasteiger partial charge in [0.15, 0.2) is 0 Å². The van der Waals surface area contributed by atoms with Gasteiger partial charge in [0, 0.05) is 12.6 Å². The van der Waals surface area contributed by atoms with Gasteiger partial charge in [0.1, 0.15) is 0 Å². The molecule has 2 aromatic rings. The first-order valence-corrected chi connectivity index (χ1v) is 9.69. The number of ether oxygens (including phenoxy) is 1. The lowest BCUT2D eigenvalue weighted by atomic mass is 9.86. The third kappa shape index (κ3) is 4.96. The first kappa shape index (κ1) is 19.1. The summed E-state index contributed by atoms with van der Waals surface area (Å²) in [7, 11) is 0. The van der Waals surface area contributed by atoms with Crippen LogP contribution in [0.5, 0.6) is 0 Å². The second-order valence-corrected chi connectivity index (χ2v) is 7.04. The summed E-state index contributed by atoms with van der Waals surface area (Å²) in [5.74, 6) is 0.0340. The van der Waals surface area contributed by atoms with Crippen LogP contribution < -0.4 is 5.32 Å². The number of esters is 1. The van der Waals surface area contributed by atoms with E-state index in [9.17, 15) is 10.1 Å². The Kier molecular flexibility index (Phi) is 6.62. The van der Waals surface area contributed by atoms with Crippen molar-refractivity contribution in [3.63, 3.8) is 0 Å². The number of nitrogens with one attached hydrogen (secondary N) is 1. The highest BCUT2D eigenvalue weighted by Gasteiger charge is 2.26. The van der Waals surface area contributed by atoms with Gasteiger partial charge in [0.25, 0.3) is 0 Å². The molecule has 0 amide bonds. The van der Waals surface area contributed by atoms with Crippen LogP contribution in [0.1, 0.15) is 43.7 Å². The Hall–Kier alpha value is -2.64. The van der Waals surface area contributed by atoms with Gasteiger partial charge in [-0.25, -0.2) is 0 Å². The first-order valence-electron chi connectivity index (χ1n) is 9.69. The molecule has 1 fully saturated rings. The highest BCUT2D eigenvalue weighted by atomic mass is 16.5. The van der Waals surface area contributed by atoms with Crippen molar-refractivity contribution in [1.82, 2.24) is 5.32 Å². The van der Waals surface area contributed by atoms with Crippen LogP contribution in [0.15, 0.2) is 48.5 Å². The van der Waals surface area contributed by atoms with E-state index in [-0.39, 0.29) is 11.9 Å². The third-order valence-corrected chi connectivity index (χ3v) is 5.25. The van der Waals surface area contributed by atoms with Gasteiger partial charge in [-0.15, -0.1) is 0 Å². The number of nitrogens with zero attached hydrogens (tertiary/aromatic N) is 1. The quantitative estimate of drug-likeness (QED) is 0.772. The monoisotopic (exact) mass is 362 g/mol. The minimum atomic E-state index is -0.0378. The van der Waals surface area contributed by atoms with E-state index in [0.717, 1.165) is 43.4 Å². The number of rotatable bonds is 6. The normalized spacial score (nSPS) is 19.3. The molecule has 140 valence electrons. The van der Waals surface area contributed by atoms with Gasteiger partial charge < -0.3 is 10.1 Å². The Balaban J connectivity index is 1.51. The molecule has 0 aromatic heterocycles. The molecule has 0 aliphatic heterocycles. The van der Waals surface area contributed by atoms with E-state index in [4.69, 9.17) is 4.74 Å². The second kappa shape index (κ2) is 9.34. The fraction of sp³-hybridized carbons (Fsp3) is 0.391. The predicted octanol–water partition coefficient (Wildman–Crippen LogP) is 4.44. The zero-order chi connectivity index (χ0) is 19.1. The van der Waals surface area contributed by atoms with E-state index in [1.165, 1.54) is 5.56 Å². The zero-order valence-corrected chi connectivity index (χ0v) is 15.8. The van der Waals surface area contributed by atoms with Crippen LogP contribution in [0.2, 0.25) is 0 Å². The maximum Gasteiger partial charge on any atom is 0.308 e. The largest absolute Gasteiger partial charge is 0.466 e. The van der Waals surface area contributed by atoms with E-state index >= 15 is 0 Å². The summed E-state index contributed by atoms with van der Waals surface area (Å²) >= 11 is 0. The number of nitriles is 1. The maximum atomic E-state index is 11.8. The molecule has 4 nitrogen and oxygen atoms in total. The smallest absolute Gasteiger partial charge is 0.308 e. The molecule has 0 bridgehead atoms. The number of carbonyl (C=O) groups is 1. The Bertz CT molecular complexity index is 800. The lowest BCUT2D eigenvalue weighted by molar-refractivity contribution is -0.149. The summed E-state index contributed by atoms with van der Waals surface area (Å²) in [5.41, 5.74) is 3.95. The number of benzene rings is 2. The van der Waals surface area contributed by atoms with Crippen LogP contribution in [0.25, 0.3) is 11.1 Å². The van der Waals surface area contributed by atoms with Crippen molar-refractivity contribution in [3.05, 3.63) is 59.7 Å². The van der Waals surface area contributed by atoms with Crippen molar-refractivity contribution >= 4 is 5.97 Å². The molecule has 3 rings (SSSR count). The Morgan fingerprint density at radius 3 is 2.48 bits per heavy atom. The van der Waals surface area contributed by atoms with Gasteiger partial charge in [-0.1, -0.05) is 42.5 Å². The predicted molar refractivity (Wildman–Crippen MR) is 106 cm³/mol. The van der Waals surface area contributed by atoms with E-state index < -0.39 is 0 Å². The van der Waals surface area contributed by atoms with E-state index in [2.05, 4.69) is 35.7 Å². The highest BCUT2D eigenvalue weighted by Crippen LogP contribution is 2.26. The summed E-state index contributed by atoms with van der Waals surface area (Å²) in [6.45, 7) is 3.13. The minimum Gasteiger partial charge on any atom is -0.466 e. The molecule has 27 heavy (non-hydrogen) atoms. The lowest BCUT2D eigenvalue weighted by Crippen LogP contribution is -2.35. The van der Waals surface area contributed by atoms with Gasteiger partial charge in [-0.3, -0.25) is 4.79 Å². The number of hydrogen-bond donors (Lipinski definition) is 1. The summed E-state index contributed by atoms with van der Waals surface area (Å²) in [6.07, 6.45) is 3.83. The molecular formula is C23H26N2O2. The molecule has 0 atom stereocenters. The van der Waals surface area contributed by atoms with Gasteiger partial charge in [0.05, 0.1) is 24.2 Å². The topological polar surface area (TPSA) is 62.1 Å². The summed E-state index contributed by atoms with van der Waals surface area (Å²) in [4.78, 5) is 11.8. The van der Waals surface area contributed by atoms with Crippen molar-refractivity contribution in [3.8, 4) is 17.2 Å². The SMILES string of the molecule is CCOC(=O)C1CCC(NCc2ccc(-c3ccccc3C#N)cc2)CC1. The van der Waals surface area contributed by atoms with Crippen molar-refractivity contribution in [1.29, 1.82) is 5.26 Å². The molecule has 1 N–H and O–H groups in total. The first-order chi connectivity index (χ1) is 13.2. The van der Waals surface area contributed by atoms with E-state index in [0.29, 0.717) is 18.2 Å². The van der Waals surface area contributed by atoms with Gasteiger partial charge >= 0.3 is 5.97 Å². The van der Waals surface area contributed by atoms with Crippen LogP contribution >= 0.6 is 0 Å². The van der Waals surface area contributed by atoms with Crippen molar-refractivity contribution in [2.45, 2.75) is 45.2 Å². The summed E-state index contributed by atoms with van der Waals surface area (Å²) < 4.78 is 5.13. The fourth-order valence-corrected chi connectivity index (χ4v) is 3.69. The maximum absolute atomic E-state index is 11.8. The molecule has 1 aliphatic rings. The molecule has 2 aromatic carbocycles. The average molecular weight is 362 g/mol. The molecule has 1 aliphatic carbocycles. The Morgan fingerprint density at radius 2 is 1.81 bits per heavy atom. The molecule has 0 radical (unpaired) electrons. The summed E-state index contributed by atoms with van der Waals surface area (Å²) in [6, 6.07) is 18.7. The third-order valence-electron chi connectivity index (χ3n) is 5.25. The standard InChI is InChI=1S/C23H26N2O2/c1-2-27-23(26)19-11-13-21(14-12-19)25-16-17-7-9-18(10-8-17)22-6-4-3-5-20(22)15-24/h3-10,19,21,25H,2,11-14,16H2,1H3. The molecular weight excluding hydrogens is 336 g/mol. The minimum absolute atomic E-state index is 0.0378. The van der Waals surface area contributed by atoms with Gasteiger partial charge in [0.2, 0.25) is 0 Å². The second-order valence-electron chi connectivity index (χ2n) is 7.04. The molecule has 0 spiro atoms. The zero-order valence-electron chi connectivity index (χ0n) is 15.8. The van der Waals surface area contributed by atoms with Crippen molar-refractivity contribution in [2.24, 2.45) is 5.92 Å². The fourth-order valence-electron chi connectivity index (χ4n) is 3.69. The van der Waals surface area contributed by atoms with Crippen LogP contribution in [0, 0.1) is 17.2 Å². The molecule has 0 heterocycles. The van der Waals surface area contributed by atoms with Crippen LogP contribution in [0.4, 0.5) is 0 Å². The van der Waals surface area contributed by atoms with Gasteiger partial charge in [-0.05, 0) is 55.4 Å². The molecule has 0 saturated heterocycles. The Morgan fingerprint density at radius 1 is 1.11 bits per heavy atom. The Labute approximate surface area is 161 Å². The van der Waals surface area contributed by atoms with Crippen LogP contribution in [-0.2, 0) is 16.1 Å². The molecule has 0 unspecified atom stereocenters. The average Bonchev–Trinajstić information content (AvgIpc) is 2.73. The van der Waals surface area contributed by atoms with Crippen LogP contribution in [-0.4, -0.2) is 18.6 Å². The van der Waals surface area contributed by atoms with E-state index in [1.54, 1.807) is 0 Å². The van der Waals surface area contributed by atoms with Crippen molar-refractivity contribution < 1.29 is 9.53 Å². The number of hydrogen-bond acceptors (Lipinski definition) is 4. The molecule has 1 saturated carbocycles. The number of carbonyl (C=O) groups excluding carboxylic acids is 1.